The number of hydrazine groups is 1. The smallest absolute Gasteiger partial charge is 0.408 e. The Labute approximate surface area is 348 Å². The summed E-state index contributed by atoms with van der Waals surface area (Å²) in [6, 6.07) is 7.15. The van der Waals surface area contributed by atoms with Crippen molar-refractivity contribution in [2.24, 2.45) is 11.3 Å². The minimum atomic E-state index is -1.78. The lowest BCUT2D eigenvalue weighted by atomic mass is 9.73. The van der Waals surface area contributed by atoms with E-state index in [0.717, 1.165) is 10.9 Å². The van der Waals surface area contributed by atoms with Crippen molar-refractivity contribution in [1.82, 2.24) is 26.1 Å². The molecule has 1 unspecified atom stereocenters. The summed E-state index contributed by atoms with van der Waals surface area (Å²) in [5.74, 6) is -2.89. The normalized spacial score (nSPS) is 20.8. The van der Waals surface area contributed by atoms with Gasteiger partial charge in [-0.1, -0.05) is 79.0 Å². The van der Waals surface area contributed by atoms with E-state index in [1.807, 2.05) is 43.3 Å². The van der Waals surface area contributed by atoms with Crippen LogP contribution in [0.2, 0.25) is 0 Å². The Bertz CT molecular complexity index is 1850. The summed E-state index contributed by atoms with van der Waals surface area (Å²) < 4.78 is 14.6. The number of nitrogens with zero attached hydrogens (tertiary/aromatic N) is 2. The highest BCUT2D eigenvalue weighted by molar-refractivity contribution is 6.67. The second-order valence-corrected chi connectivity index (χ2v) is 18.5. The van der Waals surface area contributed by atoms with Crippen molar-refractivity contribution in [3.05, 3.63) is 47.7 Å². The van der Waals surface area contributed by atoms with Crippen molar-refractivity contribution in [2.75, 3.05) is 13.2 Å². The van der Waals surface area contributed by atoms with Crippen LogP contribution in [0.5, 0.6) is 0 Å². The number of hydrogen-bond donors (Lipinski definition) is 4. The van der Waals surface area contributed by atoms with Gasteiger partial charge in [0.25, 0.3) is 11.8 Å². The summed E-state index contributed by atoms with van der Waals surface area (Å²) in [5.41, 5.74) is 3.70. The molecular weight excluding hydrogens is 799 g/mol. The number of hydrogen-bond acceptors (Lipinski definition) is 11. The molecule has 3 amide bonds. The Morgan fingerprint density at radius 2 is 1.70 bits per heavy atom. The molecule has 14 nitrogen and oxygen atoms in total. The van der Waals surface area contributed by atoms with Crippen molar-refractivity contribution in [1.29, 1.82) is 5.41 Å². The molecule has 2 heterocycles. The molecule has 1 saturated carbocycles. The maximum atomic E-state index is 14.1. The SMILES string of the molecule is CC(C)[C@H](OC(=O)C1(/C=C/c2ccc3ccc([C@@H](C)NC(=O)OC(C)(C)C)nc3c2)CCC(=N)CC1)C(=O)N[C@@H](C)C(=O)N1CCCC(C(=O)OCC(Cl)(Cl)Cl)N1. The Morgan fingerprint density at radius 3 is 2.33 bits per heavy atom. The summed E-state index contributed by atoms with van der Waals surface area (Å²) in [4.78, 5) is 70.8. The average Bonchev–Trinajstić information content (AvgIpc) is 3.13. The van der Waals surface area contributed by atoms with Gasteiger partial charge in [-0.15, -0.1) is 0 Å². The molecule has 1 aliphatic carbocycles. The summed E-state index contributed by atoms with van der Waals surface area (Å²) in [7, 11) is 0. The molecule has 1 aliphatic heterocycles. The number of esters is 2. The Balaban J connectivity index is 1.46. The first kappa shape index (κ1) is 45.7. The number of rotatable bonds is 12. The van der Waals surface area contributed by atoms with Gasteiger partial charge in [0.1, 0.15) is 24.3 Å². The third kappa shape index (κ3) is 13.3. The fourth-order valence-electron chi connectivity index (χ4n) is 6.43. The molecule has 0 bridgehead atoms. The van der Waals surface area contributed by atoms with Crippen LogP contribution < -0.4 is 16.1 Å². The van der Waals surface area contributed by atoms with Crippen LogP contribution in [0.4, 0.5) is 4.79 Å². The van der Waals surface area contributed by atoms with Gasteiger partial charge in [0, 0.05) is 17.6 Å². The van der Waals surface area contributed by atoms with Crippen molar-refractivity contribution >= 4 is 87.3 Å². The van der Waals surface area contributed by atoms with Gasteiger partial charge in [-0.05, 0) is 96.8 Å². The molecule has 4 N–H and O–H groups in total. The van der Waals surface area contributed by atoms with Gasteiger partial charge in [-0.3, -0.25) is 29.2 Å². The van der Waals surface area contributed by atoms with Gasteiger partial charge in [-0.25, -0.2) is 10.2 Å². The predicted octanol–water partition coefficient (Wildman–Crippen LogP) is 6.90. The number of carbonyl (C=O) groups excluding carboxylic acids is 5. The van der Waals surface area contributed by atoms with Crippen molar-refractivity contribution < 1.29 is 38.2 Å². The number of halogens is 3. The highest BCUT2D eigenvalue weighted by Gasteiger charge is 2.43. The van der Waals surface area contributed by atoms with E-state index in [2.05, 4.69) is 16.1 Å². The molecule has 2 aromatic rings. The molecule has 1 saturated heterocycles. The first-order valence-electron chi connectivity index (χ1n) is 19.0. The standard InChI is InChI=1S/C40H53Cl3N6O8/c1-23(2)32(33(50)45-25(4)34(51)49-20-8-9-30(48-49)35(52)55-22-40(41,42)43)56-36(53)39(18-15-28(44)16-19-39)17-14-26-10-11-27-12-13-29(47-31(27)21-26)24(3)46-37(54)57-38(5,6)7/h10-14,17,21,23-25,30,32,44,48H,8-9,15-16,18-20,22H2,1-7H3,(H,45,50)(H,46,54)/b17-14+,44-28?/t24-,25+,30?,32+,39?/m1/s1. The maximum absolute atomic E-state index is 14.1. The van der Waals surface area contributed by atoms with Crippen molar-refractivity contribution in [2.45, 2.75) is 121 Å². The van der Waals surface area contributed by atoms with E-state index in [-0.39, 0.29) is 6.54 Å². The zero-order valence-corrected chi connectivity index (χ0v) is 35.6. The van der Waals surface area contributed by atoms with Crippen LogP contribution >= 0.6 is 34.8 Å². The second kappa shape index (κ2) is 19.2. The second-order valence-electron chi connectivity index (χ2n) is 16.0. The number of aromatic nitrogens is 1. The highest BCUT2D eigenvalue weighted by atomic mass is 35.6. The summed E-state index contributed by atoms with van der Waals surface area (Å²) in [6.07, 6.45) is 4.12. The third-order valence-corrected chi connectivity index (χ3v) is 9.93. The van der Waals surface area contributed by atoms with Crippen LogP contribution in [0.1, 0.15) is 104 Å². The lowest BCUT2D eigenvalue weighted by Gasteiger charge is -2.35. The number of benzene rings is 1. The molecule has 4 atom stereocenters. The van der Waals surface area contributed by atoms with Crippen LogP contribution in [0.15, 0.2) is 36.4 Å². The highest BCUT2D eigenvalue weighted by Crippen LogP contribution is 2.39. The Hall–Kier alpha value is -3.98. The predicted molar refractivity (Wildman–Crippen MR) is 219 cm³/mol. The number of fused-ring (bicyclic) bond motifs is 1. The van der Waals surface area contributed by atoms with E-state index in [1.54, 1.807) is 40.7 Å². The fraction of sp³-hybridized carbons (Fsp3) is 0.575. The molecule has 0 spiro atoms. The molecule has 1 aromatic carbocycles. The van der Waals surface area contributed by atoms with Gasteiger partial charge >= 0.3 is 18.0 Å². The summed E-state index contributed by atoms with van der Waals surface area (Å²) in [5, 5.41) is 15.8. The topological polar surface area (TPSA) is 189 Å². The average molecular weight is 852 g/mol. The van der Waals surface area contributed by atoms with Crippen LogP contribution in [0, 0.1) is 16.7 Å². The molecule has 4 rings (SSSR count). The van der Waals surface area contributed by atoms with E-state index in [1.165, 1.54) is 11.9 Å². The lowest BCUT2D eigenvalue weighted by Crippen LogP contribution is -2.60. The minimum absolute atomic E-state index is 0.276. The first-order valence-corrected chi connectivity index (χ1v) is 20.2. The fourth-order valence-corrected chi connectivity index (χ4v) is 6.59. The van der Waals surface area contributed by atoms with Gasteiger partial charge in [0.2, 0.25) is 3.79 Å². The number of alkyl carbamates (subject to hydrolysis) is 1. The number of amides is 3. The van der Waals surface area contributed by atoms with Gasteiger partial charge in [-0.2, -0.15) is 0 Å². The van der Waals surface area contributed by atoms with Crippen LogP contribution in [-0.2, 0) is 33.4 Å². The molecule has 57 heavy (non-hydrogen) atoms. The number of pyridine rings is 1. The third-order valence-electron chi connectivity index (χ3n) is 9.60. The van der Waals surface area contributed by atoms with E-state index < -0.39 is 81.4 Å². The Kier molecular flexibility index (Phi) is 15.4. The monoisotopic (exact) mass is 850 g/mol. The molecule has 2 aliphatic rings. The minimum Gasteiger partial charge on any atom is -0.460 e. The van der Waals surface area contributed by atoms with E-state index in [9.17, 15) is 24.0 Å². The zero-order chi connectivity index (χ0) is 42.3. The van der Waals surface area contributed by atoms with E-state index >= 15 is 0 Å². The molecular formula is C40H53Cl3N6O8. The number of ether oxygens (including phenoxy) is 3. The van der Waals surface area contributed by atoms with Crippen LogP contribution in [-0.4, -0.2) is 86.3 Å². The van der Waals surface area contributed by atoms with Gasteiger partial charge in [0.15, 0.2) is 6.10 Å². The number of carbonyl (C=O) groups is 5. The lowest BCUT2D eigenvalue weighted by molar-refractivity contribution is -0.167. The van der Waals surface area contributed by atoms with Gasteiger partial charge < -0.3 is 30.3 Å². The largest absolute Gasteiger partial charge is 0.460 e. The van der Waals surface area contributed by atoms with Crippen LogP contribution in [0.3, 0.4) is 0 Å². The van der Waals surface area contributed by atoms with Crippen molar-refractivity contribution in [3.63, 3.8) is 0 Å². The molecule has 1 aromatic heterocycles. The quantitative estimate of drug-likeness (QED) is 0.0994. The van der Waals surface area contributed by atoms with E-state index in [4.69, 9.17) is 59.4 Å². The van der Waals surface area contributed by atoms with E-state index in [0.29, 0.717) is 55.4 Å². The van der Waals surface area contributed by atoms with Crippen LogP contribution in [0.25, 0.3) is 17.0 Å². The number of alkyl halides is 3. The molecule has 0 radical (unpaired) electrons. The van der Waals surface area contributed by atoms with Gasteiger partial charge in [0.05, 0.1) is 22.7 Å². The molecule has 312 valence electrons. The summed E-state index contributed by atoms with van der Waals surface area (Å²) >= 11 is 17.1. The number of nitrogens with one attached hydrogen (secondary N) is 4. The van der Waals surface area contributed by atoms with Crippen molar-refractivity contribution in [3.8, 4) is 0 Å². The molecule has 17 heteroatoms. The maximum Gasteiger partial charge on any atom is 0.408 e. The zero-order valence-electron chi connectivity index (χ0n) is 33.4. The summed E-state index contributed by atoms with van der Waals surface area (Å²) in [6.45, 7) is 12.0. The first-order chi connectivity index (χ1) is 26.6. The molecule has 2 fully saturated rings. The Morgan fingerprint density at radius 1 is 1.04 bits per heavy atom.